The number of anilines is 1. The normalized spacial score (nSPS) is 12.2. The van der Waals surface area contributed by atoms with Gasteiger partial charge in [-0.15, -0.1) is 0 Å². The fourth-order valence-electron chi connectivity index (χ4n) is 3.66. The summed E-state index contributed by atoms with van der Waals surface area (Å²) in [5, 5.41) is 3.64. The van der Waals surface area contributed by atoms with Gasteiger partial charge in [0.15, 0.2) is 0 Å². The largest absolute Gasteiger partial charge is 0.495 e. The Balaban J connectivity index is 2.19. The maximum Gasteiger partial charge on any atom is 0.242 e. The van der Waals surface area contributed by atoms with Crippen molar-refractivity contribution in [1.82, 2.24) is 10.2 Å². The lowest BCUT2D eigenvalue weighted by atomic mass is 10.1. The van der Waals surface area contributed by atoms with Gasteiger partial charge in [0.1, 0.15) is 11.8 Å². The van der Waals surface area contributed by atoms with E-state index >= 15 is 0 Å². The molecule has 2 amide bonds. The maximum absolute atomic E-state index is 13.3. The van der Waals surface area contributed by atoms with Crippen LogP contribution in [0.15, 0.2) is 42.5 Å². The van der Waals surface area contributed by atoms with Gasteiger partial charge in [-0.2, -0.15) is 0 Å². The fourth-order valence-corrected chi connectivity index (χ4v) is 5.06. The molecule has 1 N–H and O–H groups in total. The zero-order valence-corrected chi connectivity index (χ0v) is 24.2. The van der Waals surface area contributed by atoms with Gasteiger partial charge in [0.25, 0.3) is 0 Å². The molecule has 204 valence electrons. The molecular weight excluding hydrogens is 537 g/mol. The Hall–Kier alpha value is -2.49. The summed E-state index contributed by atoms with van der Waals surface area (Å²) in [7, 11) is -2.17. The van der Waals surface area contributed by atoms with Crippen LogP contribution in [0.4, 0.5) is 5.69 Å². The molecule has 0 unspecified atom stereocenters. The summed E-state index contributed by atoms with van der Waals surface area (Å²) in [6, 6.07) is 11.1. The van der Waals surface area contributed by atoms with Crippen LogP contribution in [0.25, 0.3) is 0 Å². The molecule has 0 aliphatic heterocycles. The number of nitrogens with zero attached hydrogens (tertiary/aromatic N) is 2. The summed E-state index contributed by atoms with van der Waals surface area (Å²) in [5.41, 5.74) is 1.08. The third-order valence-electron chi connectivity index (χ3n) is 5.73. The Bertz CT molecular complexity index is 1190. The highest BCUT2D eigenvalue weighted by atomic mass is 35.5. The molecule has 0 heterocycles. The third-order valence-corrected chi connectivity index (χ3v) is 7.58. The first-order chi connectivity index (χ1) is 17.3. The molecule has 0 bridgehead atoms. The first-order valence-electron chi connectivity index (χ1n) is 12.0. The lowest BCUT2D eigenvalue weighted by Gasteiger charge is -2.30. The fraction of sp³-hybridized carbons (Fsp3) is 0.462. The average molecular weight is 573 g/mol. The number of ether oxygens (including phenoxy) is 1. The second kappa shape index (κ2) is 13.9. The van der Waals surface area contributed by atoms with E-state index in [1.165, 1.54) is 22.4 Å². The minimum absolute atomic E-state index is 0.0299. The quantitative estimate of drug-likeness (QED) is 0.374. The lowest BCUT2D eigenvalue weighted by molar-refractivity contribution is -0.140. The zero-order valence-electron chi connectivity index (χ0n) is 21.8. The number of hydrogen-bond donors (Lipinski definition) is 1. The first kappa shape index (κ1) is 30.7. The van der Waals surface area contributed by atoms with E-state index < -0.39 is 16.1 Å². The molecule has 11 heteroatoms. The van der Waals surface area contributed by atoms with E-state index in [0.717, 1.165) is 6.26 Å². The monoisotopic (exact) mass is 571 g/mol. The van der Waals surface area contributed by atoms with Gasteiger partial charge < -0.3 is 15.0 Å². The Morgan fingerprint density at radius 2 is 1.73 bits per heavy atom. The molecule has 8 nitrogen and oxygen atoms in total. The summed E-state index contributed by atoms with van der Waals surface area (Å²) in [6.07, 6.45) is 1.36. The Morgan fingerprint density at radius 3 is 2.30 bits per heavy atom. The second-order valence-electron chi connectivity index (χ2n) is 9.19. The second-order valence-corrected chi connectivity index (χ2v) is 11.9. The van der Waals surface area contributed by atoms with Gasteiger partial charge in [-0.1, -0.05) is 55.2 Å². The molecule has 0 spiro atoms. The van der Waals surface area contributed by atoms with E-state index in [4.69, 9.17) is 27.9 Å². The number of benzene rings is 2. The Kier molecular flexibility index (Phi) is 11.5. The van der Waals surface area contributed by atoms with Crippen molar-refractivity contribution in [3.8, 4) is 5.75 Å². The number of halogens is 2. The van der Waals surface area contributed by atoms with E-state index in [0.29, 0.717) is 28.6 Å². The molecular formula is C26H35Cl2N3O5S. The Labute approximate surface area is 229 Å². The van der Waals surface area contributed by atoms with Crippen molar-refractivity contribution < 1.29 is 22.7 Å². The van der Waals surface area contributed by atoms with Crippen LogP contribution in [0, 0.1) is 5.92 Å². The number of carbonyl (C=O) groups is 2. The minimum atomic E-state index is -3.64. The first-order valence-corrected chi connectivity index (χ1v) is 14.6. The van der Waals surface area contributed by atoms with Gasteiger partial charge in [0, 0.05) is 31.1 Å². The number of amides is 2. The molecule has 37 heavy (non-hydrogen) atoms. The number of rotatable bonds is 13. The topological polar surface area (TPSA) is 96.0 Å². The molecule has 2 rings (SSSR count). The van der Waals surface area contributed by atoms with Crippen LogP contribution in [0.5, 0.6) is 5.75 Å². The maximum atomic E-state index is 13.3. The van der Waals surface area contributed by atoms with Crippen LogP contribution in [0.2, 0.25) is 10.0 Å². The lowest BCUT2D eigenvalue weighted by Crippen LogP contribution is -2.48. The smallest absolute Gasteiger partial charge is 0.242 e. The van der Waals surface area contributed by atoms with E-state index in [-0.39, 0.29) is 48.7 Å². The number of methoxy groups -OCH3 is 1. The molecule has 0 saturated heterocycles. The summed E-state index contributed by atoms with van der Waals surface area (Å²) >= 11 is 12.5. The van der Waals surface area contributed by atoms with Crippen LogP contribution >= 0.6 is 23.2 Å². The van der Waals surface area contributed by atoms with Crippen LogP contribution < -0.4 is 14.4 Å². The number of carbonyl (C=O) groups excluding carboxylic acids is 2. The van der Waals surface area contributed by atoms with Gasteiger partial charge in [-0.3, -0.25) is 13.9 Å². The van der Waals surface area contributed by atoms with Gasteiger partial charge in [-0.25, -0.2) is 8.42 Å². The SMILES string of the molecule is COc1ccc(N(CCCC(=O)N(Cc2ccccc2Cl)[C@@H](C)C(=O)NCC(C)C)S(C)(=O)=O)cc1Cl. The standard InChI is InChI=1S/C26H35Cl2N3O5S/c1-18(2)16-29-26(33)19(3)30(17-20-9-6-7-10-22(20)27)25(32)11-8-14-31(37(5,34)35)21-12-13-24(36-4)23(28)15-21/h6-7,9-10,12-13,15,18-19H,8,11,14,16-17H2,1-5H3,(H,29,33)/t19-/m0/s1. The van der Waals surface area contributed by atoms with Crippen molar-refractivity contribution in [2.24, 2.45) is 5.92 Å². The van der Waals surface area contributed by atoms with Crippen molar-refractivity contribution in [2.75, 3.05) is 30.8 Å². The molecule has 0 saturated carbocycles. The number of nitrogens with one attached hydrogen (secondary N) is 1. The van der Waals surface area contributed by atoms with Crippen LogP contribution in [0.1, 0.15) is 39.2 Å². The van der Waals surface area contributed by atoms with Gasteiger partial charge >= 0.3 is 0 Å². The van der Waals surface area contributed by atoms with Crippen molar-refractivity contribution in [3.63, 3.8) is 0 Å². The van der Waals surface area contributed by atoms with E-state index in [1.54, 1.807) is 37.3 Å². The van der Waals surface area contributed by atoms with E-state index in [2.05, 4.69) is 5.32 Å². The van der Waals surface area contributed by atoms with Gasteiger partial charge in [0.2, 0.25) is 21.8 Å². The van der Waals surface area contributed by atoms with Crippen molar-refractivity contribution in [2.45, 2.75) is 46.2 Å². The molecule has 0 fully saturated rings. The molecule has 2 aromatic rings. The molecule has 0 aromatic heterocycles. The van der Waals surface area contributed by atoms with E-state index in [1.807, 2.05) is 19.9 Å². The summed E-state index contributed by atoms with van der Waals surface area (Å²) in [4.78, 5) is 27.6. The highest BCUT2D eigenvalue weighted by Gasteiger charge is 2.27. The molecule has 0 radical (unpaired) electrons. The van der Waals surface area contributed by atoms with E-state index in [9.17, 15) is 18.0 Å². The summed E-state index contributed by atoms with van der Waals surface area (Å²) in [5.74, 6) is 0.138. The van der Waals surface area contributed by atoms with Gasteiger partial charge in [-0.05, 0) is 49.1 Å². The number of sulfonamides is 1. The van der Waals surface area contributed by atoms with Crippen molar-refractivity contribution in [3.05, 3.63) is 58.1 Å². The average Bonchev–Trinajstić information content (AvgIpc) is 2.83. The van der Waals surface area contributed by atoms with Crippen LogP contribution in [-0.4, -0.2) is 57.6 Å². The Morgan fingerprint density at radius 1 is 1.05 bits per heavy atom. The van der Waals surface area contributed by atoms with Crippen molar-refractivity contribution >= 4 is 50.7 Å². The zero-order chi connectivity index (χ0) is 27.8. The molecule has 2 aromatic carbocycles. The summed E-state index contributed by atoms with van der Waals surface area (Å²) < 4.78 is 31.3. The van der Waals surface area contributed by atoms with Crippen LogP contribution in [0.3, 0.4) is 0 Å². The number of hydrogen-bond acceptors (Lipinski definition) is 5. The predicted octanol–water partition coefficient (Wildman–Crippen LogP) is 4.74. The van der Waals surface area contributed by atoms with Crippen molar-refractivity contribution in [1.29, 1.82) is 0 Å². The third kappa shape index (κ3) is 9.09. The predicted molar refractivity (Wildman–Crippen MR) is 149 cm³/mol. The summed E-state index contributed by atoms with van der Waals surface area (Å²) in [6.45, 7) is 6.35. The van der Waals surface area contributed by atoms with Gasteiger partial charge in [0.05, 0.1) is 24.1 Å². The van der Waals surface area contributed by atoms with Crippen LogP contribution in [-0.2, 0) is 26.2 Å². The minimum Gasteiger partial charge on any atom is -0.495 e. The molecule has 1 atom stereocenters. The highest BCUT2D eigenvalue weighted by molar-refractivity contribution is 7.92. The molecule has 0 aliphatic carbocycles. The highest BCUT2D eigenvalue weighted by Crippen LogP contribution is 2.30. The molecule has 0 aliphatic rings.